The van der Waals surface area contributed by atoms with Gasteiger partial charge in [0.1, 0.15) is 4.60 Å². The molecule has 104 valence electrons. The van der Waals surface area contributed by atoms with Crippen LogP contribution < -0.4 is 0 Å². The lowest BCUT2D eigenvalue weighted by atomic mass is 10.2. The minimum Gasteiger partial charge on any atom is -0.335 e. The van der Waals surface area contributed by atoms with Crippen molar-refractivity contribution in [2.75, 3.05) is 6.54 Å². The Kier molecular flexibility index (Phi) is 5.15. The molecule has 0 aliphatic carbocycles. The van der Waals surface area contributed by atoms with Crippen LogP contribution in [0.5, 0.6) is 0 Å². The zero-order chi connectivity index (χ0) is 14.5. The fraction of sp³-hybridized carbons (Fsp3) is 0.200. The lowest BCUT2D eigenvalue weighted by Crippen LogP contribution is -2.30. The average molecular weight is 354 g/mol. The van der Waals surface area contributed by atoms with E-state index in [9.17, 15) is 4.79 Å². The van der Waals surface area contributed by atoms with Gasteiger partial charge in [0.05, 0.1) is 5.56 Å². The number of nitrogens with zero attached hydrogens (tertiary/aromatic N) is 2. The third-order valence-electron chi connectivity index (χ3n) is 2.91. The molecule has 0 N–H and O–H groups in total. The molecule has 2 aromatic rings. The quantitative estimate of drug-likeness (QED) is 0.773. The SMILES string of the molecule is CCN(Cc1cccc(Cl)c1)C(=O)c1ccc(Br)nc1. The highest BCUT2D eigenvalue weighted by Crippen LogP contribution is 2.15. The van der Waals surface area contributed by atoms with Crippen molar-refractivity contribution in [1.29, 1.82) is 0 Å². The summed E-state index contributed by atoms with van der Waals surface area (Å²) in [6, 6.07) is 11.1. The standard InChI is InChI=1S/C15H14BrClN2O/c1-2-19(10-11-4-3-5-13(17)8-11)15(20)12-6-7-14(16)18-9-12/h3-9H,2,10H2,1H3. The number of benzene rings is 1. The van der Waals surface area contributed by atoms with Crippen LogP contribution in [0.1, 0.15) is 22.8 Å². The van der Waals surface area contributed by atoms with Crippen molar-refractivity contribution < 1.29 is 4.79 Å². The van der Waals surface area contributed by atoms with Gasteiger partial charge in [-0.05, 0) is 52.7 Å². The van der Waals surface area contributed by atoms with Crippen LogP contribution in [0.2, 0.25) is 5.02 Å². The summed E-state index contributed by atoms with van der Waals surface area (Å²) in [5.41, 5.74) is 1.59. The van der Waals surface area contributed by atoms with E-state index in [0.29, 0.717) is 28.3 Å². The van der Waals surface area contributed by atoms with Crippen molar-refractivity contribution in [3.05, 3.63) is 63.3 Å². The molecule has 3 nitrogen and oxygen atoms in total. The Balaban J connectivity index is 2.15. The van der Waals surface area contributed by atoms with Crippen LogP contribution in [0.15, 0.2) is 47.2 Å². The van der Waals surface area contributed by atoms with Crippen LogP contribution in [0.3, 0.4) is 0 Å². The molecule has 0 unspecified atom stereocenters. The number of halogens is 2. The zero-order valence-electron chi connectivity index (χ0n) is 11.0. The first-order chi connectivity index (χ1) is 9.60. The largest absolute Gasteiger partial charge is 0.335 e. The molecule has 20 heavy (non-hydrogen) atoms. The van der Waals surface area contributed by atoms with Gasteiger partial charge in [-0.3, -0.25) is 4.79 Å². The van der Waals surface area contributed by atoms with E-state index in [-0.39, 0.29) is 5.91 Å². The Labute approximate surface area is 131 Å². The maximum atomic E-state index is 12.4. The molecule has 0 aliphatic heterocycles. The number of hydrogen-bond acceptors (Lipinski definition) is 2. The Hall–Kier alpha value is -1.39. The molecule has 1 aromatic heterocycles. The summed E-state index contributed by atoms with van der Waals surface area (Å²) in [6.45, 7) is 3.11. The van der Waals surface area contributed by atoms with E-state index < -0.39 is 0 Å². The van der Waals surface area contributed by atoms with Gasteiger partial charge < -0.3 is 4.90 Å². The summed E-state index contributed by atoms with van der Waals surface area (Å²) in [4.78, 5) is 18.3. The van der Waals surface area contributed by atoms with Gasteiger partial charge >= 0.3 is 0 Å². The number of aromatic nitrogens is 1. The molecule has 0 spiro atoms. The molecular formula is C15H14BrClN2O. The Morgan fingerprint density at radius 3 is 2.75 bits per heavy atom. The van der Waals surface area contributed by atoms with E-state index in [2.05, 4.69) is 20.9 Å². The monoisotopic (exact) mass is 352 g/mol. The van der Waals surface area contributed by atoms with Crippen LogP contribution in [0.4, 0.5) is 0 Å². The fourth-order valence-corrected chi connectivity index (χ4v) is 2.32. The molecule has 0 atom stereocenters. The van der Waals surface area contributed by atoms with E-state index in [4.69, 9.17) is 11.6 Å². The lowest BCUT2D eigenvalue weighted by molar-refractivity contribution is 0.0752. The third-order valence-corrected chi connectivity index (χ3v) is 3.61. The van der Waals surface area contributed by atoms with Gasteiger partial charge in [-0.25, -0.2) is 4.98 Å². The second kappa shape index (κ2) is 6.86. The number of carbonyl (C=O) groups is 1. The Morgan fingerprint density at radius 1 is 1.35 bits per heavy atom. The van der Waals surface area contributed by atoms with E-state index >= 15 is 0 Å². The molecule has 1 aromatic carbocycles. The zero-order valence-corrected chi connectivity index (χ0v) is 13.4. The van der Waals surface area contributed by atoms with Gasteiger partial charge in [-0.15, -0.1) is 0 Å². The predicted molar refractivity (Wildman–Crippen MR) is 83.8 cm³/mol. The van der Waals surface area contributed by atoms with Crippen molar-refractivity contribution in [1.82, 2.24) is 9.88 Å². The smallest absolute Gasteiger partial charge is 0.255 e. The number of carbonyl (C=O) groups excluding carboxylic acids is 1. The van der Waals surface area contributed by atoms with Crippen LogP contribution in [0.25, 0.3) is 0 Å². The first-order valence-corrected chi connectivity index (χ1v) is 7.42. The van der Waals surface area contributed by atoms with Gasteiger partial charge in [0.15, 0.2) is 0 Å². The van der Waals surface area contributed by atoms with E-state index in [1.807, 2.05) is 31.2 Å². The van der Waals surface area contributed by atoms with Crippen LogP contribution in [0, 0.1) is 0 Å². The summed E-state index contributed by atoms with van der Waals surface area (Å²) in [7, 11) is 0. The van der Waals surface area contributed by atoms with Gasteiger partial charge in [0.2, 0.25) is 0 Å². The summed E-state index contributed by atoms with van der Waals surface area (Å²) in [6.07, 6.45) is 1.58. The maximum Gasteiger partial charge on any atom is 0.255 e. The van der Waals surface area contributed by atoms with Gasteiger partial charge in [-0.2, -0.15) is 0 Å². The second-order valence-corrected chi connectivity index (χ2v) is 5.57. The number of hydrogen-bond donors (Lipinski definition) is 0. The summed E-state index contributed by atoms with van der Waals surface area (Å²) in [5, 5.41) is 0.677. The molecule has 0 bridgehead atoms. The van der Waals surface area contributed by atoms with Gasteiger partial charge in [0.25, 0.3) is 5.91 Å². The molecule has 0 fully saturated rings. The van der Waals surface area contributed by atoms with Crippen LogP contribution in [-0.2, 0) is 6.54 Å². The van der Waals surface area contributed by atoms with E-state index in [0.717, 1.165) is 5.56 Å². The second-order valence-electron chi connectivity index (χ2n) is 4.32. The van der Waals surface area contributed by atoms with Crippen molar-refractivity contribution in [2.24, 2.45) is 0 Å². The van der Waals surface area contributed by atoms with Gasteiger partial charge in [0, 0.05) is 24.3 Å². The highest BCUT2D eigenvalue weighted by molar-refractivity contribution is 9.10. The first-order valence-electron chi connectivity index (χ1n) is 6.25. The van der Waals surface area contributed by atoms with Crippen molar-refractivity contribution in [3.8, 4) is 0 Å². The lowest BCUT2D eigenvalue weighted by Gasteiger charge is -2.21. The number of pyridine rings is 1. The van der Waals surface area contributed by atoms with Crippen molar-refractivity contribution in [3.63, 3.8) is 0 Å². The number of rotatable bonds is 4. The Bertz CT molecular complexity index is 601. The summed E-state index contributed by atoms with van der Waals surface area (Å²) >= 11 is 9.23. The maximum absolute atomic E-state index is 12.4. The van der Waals surface area contributed by atoms with Crippen LogP contribution >= 0.6 is 27.5 Å². The minimum atomic E-state index is -0.0347. The van der Waals surface area contributed by atoms with Crippen molar-refractivity contribution >= 4 is 33.4 Å². The van der Waals surface area contributed by atoms with E-state index in [1.165, 1.54) is 0 Å². The van der Waals surface area contributed by atoms with E-state index in [1.54, 1.807) is 23.2 Å². The topological polar surface area (TPSA) is 33.2 Å². The average Bonchev–Trinajstić information content (AvgIpc) is 2.45. The Morgan fingerprint density at radius 2 is 2.15 bits per heavy atom. The first kappa shape index (κ1) is 15.0. The van der Waals surface area contributed by atoms with Gasteiger partial charge in [-0.1, -0.05) is 23.7 Å². The molecular weight excluding hydrogens is 340 g/mol. The number of amides is 1. The molecule has 5 heteroatoms. The molecule has 0 saturated carbocycles. The predicted octanol–water partition coefficient (Wildman–Crippen LogP) is 4.16. The molecule has 0 radical (unpaired) electrons. The molecule has 2 rings (SSSR count). The van der Waals surface area contributed by atoms with Crippen molar-refractivity contribution in [2.45, 2.75) is 13.5 Å². The third kappa shape index (κ3) is 3.81. The fourth-order valence-electron chi connectivity index (χ4n) is 1.87. The molecule has 0 aliphatic rings. The highest BCUT2D eigenvalue weighted by atomic mass is 79.9. The summed E-state index contributed by atoms with van der Waals surface area (Å²) in [5.74, 6) is -0.0347. The molecule has 1 amide bonds. The van der Waals surface area contributed by atoms with Crippen LogP contribution in [-0.4, -0.2) is 22.3 Å². The normalized spacial score (nSPS) is 10.3. The highest BCUT2D eigenvalue weighted by Gasteiger charge is 2.14. The molecule has 1 heterocycles. The summed E-state index contributed by atoms with van der Waals surface area (Å²) < 4.78 is 0.715. The minimum absolute atomic E-state index is 0.0347. The molecule has 0 saturated heterocycles.